The molecule has 0 saturated carbocycles. The molecule has 2 nitrogen and oxygen atoms in total. The van der Waals surface area contributed by atoms with Gasteiger partial charge >= 0.3 is 12.5 Å². The standard InChI is InChI=1S/C7H5ClF6N2/c1-3-2-4(6(9,10)11)5(8)16(15-3)7(12,13)14/h2,15H,1H3. The first kappa shape index (κ1) is 13.0. The summed E-state index contributed by atoms with van der Waals surface area (Å²) in [4.78, 5) is 0. The van der Waals surface area contributed by atoms with Gasteiger partial charge in [-0.1, -0.05) is 11.6 Å². The highest BCUT2D eigenvalue weighted by Crippen LogP contribution is 2.38. The molecular weight excluding hydrogens is 262 g/mol. The first-order valence-electron chi connectivity index (χ1n) is 3.82. The lowest BCUT2D eigenvalue weighted by molar-refractivity contribution is -0.245. The summed E-state index contributed by atoms with van der Waals surface area (Å²) in [6.45, 7) is 1.06. The summed E-state index contributed by atoms with van der Waals surface area (Å²) in [5, 5.41) is -2.14. The van der Waals surface area contributed by atoms with Crippen LogP contribution in [0.5, 0.6) is 0 Å². The van der Waals surface area contributed by atoms with Crippen LogP contribution in [0.1, 0.15) is 6.92 Å². The zero-order valence-corrected chi connectivity index (χ0v) is 8.43. The number of hydrogen-bond acceptors (Lipinski definition) is 2. The van der Waals surface area contributed by atoms with Crippen LogP contribution < -0.4 is 5.43 Å². The highest BCUT2D eigenvalue weighted by Gasteiger charge is 2.46. The Balaban J connectivity index is 3.23. The summed E-state index contributed by atoms with van der Waals surface area (Å²) in [6, 6.07) is 0. The van der Waals surface area contributed by atoms with Crippen molar-refractivity contribution in [2.45, 2.75) is 19.4 Å². The third kappa shape index (κ3) is 2.55. The predicted molar refractivity (Wildman–Crippen MR) is 43.7 cm³/mol. The van der Waals surface area contributed by atoms with Crippen LogP contribution in [-0.2, 0) is 0 Å². The molecule has 0 aromatic heterocycles. The Morgan fingerprint density at radius 2 is 1.69 bits per heavy atom. The minimum atomic E-state index is -5.04. The Kier molecular flexibility index (Phi) is 3.06. The zero-order valence-electron chi connectivity index (χ0n) is 7.67. The van der Waals surface area contributed by atoms with Crippen LogP contribution in [-0.4, -0.2) is 17.5 Å². The van der Waals surface area contributed by atoms with Gasteiger partial charge in [0.25, 0.3) is 0 Å². The Labute approximate surface area is 91.1 Å². The monoisotopic (exact) mass is 266 g/mol. The van der Waals surface area contributed by atoms with Crippen molar-refractivity contribution in [3.8, 4) is 0 Å². The Hall–Kier alpha value is -1.05. The number of halogens is 7. The zero-order chi connectivity index (χ0) is 12.7. The average molecular weight is 267 g/mol. The van der Waals surface area contributed by atoms with E-state index in [-0.39, 0.29) is 5.70 Å². The normalized spacial score (nSPS) is 18.5. The van der Waals surface area contributed by atoms with Crippen molar-refractivity contribution in [2.75, 3.05) is 0 Å². The Bertz CT molecular complexity index is 353. The second-order valence-corrected chi connectivity index (χ2v) is 3.30. The average Bonchev–Trinajstić information content (AvgIpc) is 2.04. The third-order valence-corrected chi connectivity index (χ3v) is 2.00. The van der Waals surface area contributed by atoms with Gasteiger partial charge in [0.1, 0.15) is 5.16 Å². The topological polar surface area (TPSA) is 15.3 Å². The van der Waals surface area contributed by atoms with E-state index >= 15 is 0 Å². The van der Waals surface area contributed by atoms with Crippen LogP contribution in [0.3, 0.4) is 0 Å². The molecule has 9 heteroatoms. The van der Waals surface area contributed by atoms with Gasteiger partial charge in [0, 0.05) is 5.70 Å². The van der Waals surface area contributed by atoms with E-state index in [1.165, 1.54) is 0 Å². The number of rotatable bonds is 0. The third-order valence-electron chi connectivity index (χ3n) is 1.63. The van der Waals surface area contributed by atoms with Crippen molar-refractivity contribution in [1.82, 2.24) is 10.4 Å². The molecule has 1 aliphatic heterocycles. The summed E-state index contributed by atoms with van der Waals surface area (Å²) in [6.07, 6.45) is -9.47. The van der Waals surface area contributed by atoms with E-state index in [1.54, 1.807) is 5.43 Å². The molecule has 0 fully saturated rings. The fourth-order valence-corrected chi connectivity index (χ4v) is 1.33. The van der Waals surface area contributed by atoms with Crippen molar-refractivity contribution in [2.24, 2.45) is 0 Å². The molecule has 16 heavy (non-hydrogen) atoms. The van der Waals surface area contributed by atoms with Crippen molar-refractivity contribution >= 4 is 11.6 Å². The van der Waals surface area contributed by atoms with Crippen molar-refractivity contribution in [3.63, 3.8) is 0 Å². The highest BCUT2D eigenvalue weighted by molar-refractivity contribution is 6.29. The number of hydrogen-bond donors (Lipinski definition) is 1. The van der Waals surface area contributed by atoms with Gasteiger partial charge in [-0.25, -0.2) is 0 Å². The van der Waals surface area contributed by atoms with E-state index in [2.05, 4.69) is 0 Å². The molecule has 0 aromatic carbocycles. The lowest BCUT2D eigenvalue weighted by atomic mass is 10.2. The molecule has 0 unspecified atom stereocenters. The molecule has 0 atom stereocenters. The fraction of sp³-hybridized carbons (Fsp3) is 0.429. The first-order chi connectivity index (χ1) is 7.03. The largest absolute Gasteiger partial charge is 0.504 e. The van der Waals surface area contributed by atoms with Crippen LogP contribution in [0, 0.1) is 0 Å². The van der Waals surface area contributed by atoms with E-state index in [1.807, 2.05) is 0 Å². The van der Waals surface area contributed by atoms with Gasteiger partial charge < -0.3 is 0 Å². The summed E-state index contributed by atoms with van der Waals surface area (Å²) >= 11 is 5.04. The van der Waals surface area contributed by atoms with Gasteiger partial charge in [0.15, 0.2) is 0 Å². The smallest absolute Gasteiger partial charge is 0.295 e. The van der Waals surface area contributed by atoms with Gasteiger partial charge in [0.2, 0.25) is 0 Å². The maximum Gasteiger partial charge on any atom is 0.504 e. The van der Waals surface area contributed by atoms with Crippen LogP contribution in [0.15, 0.2) is 22.5 Å². The number of nitrogens with one attached hydrogen (secondary N) is 1. The van der Waals surface area contributed by atoms with Gasteiger partial charge in [-0.2, -0.15) is 18.2 Å². The molecule has 0 aromatic rings. The highest BCUT2D eigenvalue weighted by atomic mass is 35.5. The quantitative estimate of drug-likeness (QED) is 0.535. The maximum absolute atomic E-state index is 12.3. The molecule has 0 spiro atoms. The van der Waals surface area contributed by atoms with Crippen LogP contribution in [0.4, 0.5) is 26.3 Å². The number of alkyl halides is 6. The molecular formula is C7H5ClF6N2. The van der Waals surface area contributed by atoms with Gasteiger partial charge in [-0.15, -0.1) is 13.2 Å². The predicted octanol–water partition coefficient (Wildman–Crippen LogP) is 3.24. The van der Waals surface area contributed by atoms with Crippen LogP contribution in [0.2, 0.25) is 0 Å². The Morgan fingerprint density at radius 3 is 2.06 bits per heavy atom. The SMILES string of the molecule is CC1=CC(C(F)(F)F)=C(Cl)N(C(F)(F)F)N1. The first-order valence-corrected chi connectivity index (χ1v) is 4.20. The molecule has 0 radical (unpaired) electrons. The van der Waals surface area contributed by atoms with E-state index in [0.29, 0.717) is 6.08 Å². The van der Waals surface area contributed by atoms with Crippen LogP contribution >= 0.6 is 11.6 Å². The molecule has 0 aliphatic carbocycles. The van der Waals surface area contributed by atoms with Gasteiger partial charge in [0.05, 0.1) is 5.57 Å². The summed E-state index contributed by atoms with van der Waals surface area (Å²) in [7, 11) is 0. The van der Waals surface area contributed by atoms with E-state index in [0.717, 1.165) is 6.92 Å². The van der Waals surface area contributed by atoms with Crippen molar-refractivity contribution in [1.29, 1.82) is 0 Å². The van der Waals surface area contributed by atoms with Crippen LogP contribution in [0.25, 0.3) is 0 Å². The molecule has 0 bridgehead atoms. The fourth-order valence-electron chi connectivity index (χ4n) is 1.03. The minimum Gasteiger partial charge on any atom is -0.295 e. The minimum absolute atomic E-state index is 0.311. The summed E-state index contributed by atoms with van der Waals surface area (Å²) < 4.78 is 73.8. The van der Waals surface area contributed by atoms with E-state index in [4.69, 9.17) is 11.6 Å². The molecule has 0 saturated heterocycles. The lowest BCUT2D eigenvalue weighted by Crippen LogP contribution is -2.48. The summed E-state index contributed by atoms with van der Waals surface area (Å²) in [5.41, 5.74) is -0.162. The second-order valence-electron chi connectivity index (χ2n) is 2.94. The second kappa shape index (κ2) is 3.76. The summed E-state index contributed by atoms with van der Waals surface area (Å²) in [5.74, 6) is 0. The molecule has 1 aliphatic rings. The lowest BCUT2D eigenvalue weighted by Gasteiger charge is -2.32. The molecule has 1 N–H and O–H groups in total. The van der Waals surface area contributed by atoms with Crippen molar-refractivity contribution in [3.05, 3.63) is 22.5 Å². The molecule has 1 heterocycles. The number of nitrogens with zero attached hydrogens (tertiary/aromatic N) is 1. The van der Waals surface area contributed by atoms with E-state index in [9.17, 15) is 26.3 Å². The van der Waals surface area contributed by atoms with Gasteiger partial charge in [-0.05, 0) is 13.0 Å². The Morgan fingerprint density at radius 1 is 1.19 bits per heavy atom. The molecule has 1 rings (SSSR count). The number of allylic oxidation sites excluding steroid dienone is 3. The molecule has 92 valence electrons. The van der Waals surface area contributed by atoms with Crippen molar-refractivity contribution < 1.29 is 26.3 Å². The molecule has 0 amide bonds. The maximum atomic E-state index is 12.3. The van der Waals surface area contributed by atoms with Gasteiger partial charge in [-0.3, -0.25) is 5.43 Å². The van der Waals surface area contributed by atoms with E-state index < -0.39 is 28.2 Å². The number of hydrazine groups is 1.